The fraction of sp³-hybridized carbons (Fsp3) is 0.567. The highest BCUT2D eigenvalue weighted by atomic mass is 19.4. The molecule has 0 saturated heterocycles. The lowest BCUT2D eigenvalue weighted by molar-refractivity contribution is -0.148. The standard InChI is InChI=1S/C30H36F3N3O7/c1-5-36(28(2)7-6-8-28)12-14-11-17(37)19-15(21(14)30(31,32)33)9-13-10-16-22(35(3)4)24(39)20(27(34)42)26(41)29(16,43)25(40)18(13)23(19)38/h11,13,16,22,37,39-40,43H,5-10,12H2,1-4H3,(H2,34,42)/t13-,16-,22-,29-/m0/s1. The highest BCUT2D eigenvalue weighted by molar-refractivity contribution is 6.24. The summed E-state index contributed by atoms with van der Waals surface area (Å²) in [4.78, 5) is 42.6. The zero-order valence-electron chi connectivity index (χ0n) is 24.4. The quantitative estimate of drug-likeness (QED) is 0.306. The van der Waals surface area contributed by atoms with Gasteiger partial charge >= 0.3 is 6.18 Å². The number of hydrogen-bond donors (Lipinski definition) is 5. The average Bonchev–Trinajstić information content (AvgIpc) is 2.86. The molecule has 234 valence electrons. The first-order chi connectivity index (χ1) is 19.9. The average molecular weight is 608 g/mol. The van der Waals surface area contributed by atoms with Gasteiger partial charge in [0, 0.05) is 23.6 Å². The Bertz CT molecular complexity index is 1490. The van der Waals surface area contributed by atoms with Crippen LogP contribution in [0, 0.1) is 11.8 Å². The predicted molar refractivity (Wildman–Crippen MR) is 147 cm³/mol. The molecule has 1 saturated carbocycles. The highest BCUT2D eigenvalue weighted by Gasteiger charge is 2.63. The van der Waals surface area contributed by atoms with Gasteiger partial charge < -0.3 is 26.2 Å². The third-order valence-corrected chi connectivity index (χ3v) is 10.0. The number of amides is 1. The van der Waals surface area contributed by atoms with Crippen LogP contribution in [-0.4, -0.2) is 85.5 Å². The first-order valence-corrected chi connectivity index (χ1v) is 14.2. The predicted octanol–water partition coefficient (Wildman–Crippen LogP) is 2.90. The van der Waals surface area contributed by atoms with Gasteiger partial charge in [0.15, 0.2) is 11.4 Å². The molecule has 43 heavy (non-hydrogen) atoms. The summed E-state index contributed by atoms with van der Waals surface area (Å²) in [5.74, 6) is -8.96. The number of aliphatic hydroxyl groups excluding tert-OH is 2. The molecule has 0 bridgehead atoms. The summed E-state index contributed by atoms with van der Waals surface area (Å²) in [7, 11) is 2.95. The number of ketones is 2. The number of aromatic hydroxyl groups is 1. The molecular weight excluding hydrogens is 571 g/mol. The third kappa shape index (κ3) is 4.38. The van der Waals surface area contributed by atoms with Crippen molar-refractivity contribution in [2.75, 3.05) is 20.6 Å². The van der Waals surface area contributed by atoms with Gasteiger partial charge in [-0.1, -0.05) is 6.92 Å². The minimum Gasteiger partial charge on any atom is -0.510 e. The summed E-state index contributed by atoms with van der Waals surface area (Å²) in [5, 5.41) is 44.9. The number of nitrogens with zero attached hydrogens (tertiary/aromatic N) is 2. The van der Waals surface area contributed by atoms with Crippen LogP contribution in [0.2, 0.25) is 0 Å². The van der Waals surface area contributed by atoms with E-state index in [-0.39, 0.29) is 24.1 Å². The molecule has 13 heteroatoms. The lowest BCUT2D eigenvalue weighted by Crippen LogP contribution is -2.63. The van der Waals surface area contributed by atoms with Crippen LogP contribution in [0.1, 0.15) is 66.6 Å². The normalized spacial score (nSPS) is 28.6. The van der Waals surface area contributed by atoms with Crippen molar-refractivity contribution >= 4 is 17.5 Å². The van der Waals surface area contributed by atoms with E-state index >= 15 is 0 Å². The molecule has 1 amide bonds. The van der Waals surface area contributed by atoms with E-state index in [0.717, 1.165) is 25.3 Å². The summed E-state index contributed by atoms with van der Waals surface area (Å²) in [5.41, 5.74) is -1.59. The number of halogens is 3. The molecule has 1 aromatic carbocycles. The Labute approximate surface area is 246 Å². The van der Waals surface area contributed by atoms with E-state index in [1.54, 1.807) is 0 Å². The van der Waals surface area contributed by atoms with Gasteiger partial charge in [-0.25, -0.2) is 0 Å². The molecule has 4 aliphatic carbocycles. The number of phenolic OH excluding ortho intramolecular Hbond substituents is 1. The minimum absolute atomic E-state index is 0.108. The van der Waals surface area contributed by atoms with Gasteiger partial charge in [-0.05, 0) is 82.8 Å². The minimum atomic E-state index is -4.89. The molecule has 5 rings (SSSR count). The molecule has 0 unspecified atom stereocenters. The summed E-state index contributed by atoms with van der Waals surface area (Å²) in [6, 6.07) is -0.309. The number of benzene rings is 1. The second kappa shape index (κ2) is 10.1. The van der Waals surface area contributed by atoms with Gasteiger partial charge in [0.1, 0.15) is 22.8 Å². The van der Waals surface area contributed by atoms with E-state index in [2.05, 4.69) is 0 Å². The second-order valence-electron chi connectivity index (χ2n) is 12.6. The first-order valence-electron chi connectivity index (χ1n) is 14.2. The van der Waals surface area contributed by atoms with Gasteiger partial charge in [-0.2, -0.15) is 13.2 Å². The number of carbonyl (C=O) groups excluding carboxylic acids is 3. The largest absolute Gasteiger partial charge is 0.510 e. The molecule has 0 heterocycles. The smallest absolute Gasteiger partial charge is 0.417 e. The topological polar surface area (TPSA) is 165 Å². The monoisotopic (exact) mass is 607 g/mol. The number of alkyl halides is 3. The van der Waals surface area contributed by atoms with E-state index < -0.39 is 98.7 Å². The van der Waals surface area contributed by atoms with Crippen molar-refractivity contribution in [3.05, 3.63) is 51.0 Å². The third-order valence-electron chi connectivity index (χ3n) is 10.0. The lowest BCUT2D eigenvalue weighted by atomic mass is 9.58. The molecule has 10 nitrogen and oxygen atoms in total. The first kappa shape index (κ1) is 31.0. The number of Topliss-reactive ketones (excluding diaryl/α,β-unsaturated/α-hetero) is 2. The molecule has 0 aromatic heterocycles. The fourth-order valence-corrected chi connectivity index (χ4v) is 7.76. The maximum Gasteiger partial charge on any atom is 0.417 e. The maximum absolute atomic E-state index is 14.8. The Balaban J connectivity index is 1.69. The van der Waals surface area contributed by atoms with Crippen LogP contribution in [0.5, 0.6) is 5.75 Å². The zero-order chi connectivity index (χ0) is 32.0. The molecule has 1 aromatic rings. The Hall–Kier alpha value is -3.42. The number of hydrogen-bond acceptors (Lipinski definition) is 9. The summed E-state index contributed by atoms with van der Waals surface area (Å²) < 4.78 is 44.4. The number of primary amides is 1. The van der Waals surface area contributed by atoms with E-state index in [1.165, 1.54) is 19.0 Å². The molecule has 1 fully saturated rings. The van der Waals surface area contributed by atoms with Gasteiger partial charge in [0.05, 0.1) is 17.2 Å². The van der Waals surface area contributed by atoms with Crippen LogP contribution in [0.4, 0.5) is 13.2 Å². The van der Waals surface area contributed by atoms with E-state index in [4.69, 9.17) is 5.73 Å². The van der Waals surface area contributed by atoms with Crippen molar-refractivity contribution in [2.45, 2.75) is 75.9 Å². The van der Waals surface area contributed by atoms with Crippen LogP contribution in [-0.2, 0) is 28.7 Å². The van der Waals surface area contributed by atoms with Crippen molar-refractivity contribution in [3.63, 3.8) is 0 Å². The van der Waals surface area contributed by atoms with Crippen molar-refractivity contribution in [2.24, 2.45) is 17.6 Å². The Morgan fingerprint density at radius 3 is 2.28 bits per heavy atom. The van der Waals surface area contributed by atoms with Gasteiger partial charge in [0.25, 0.3) is 5.91 Å². The number of likely N-dealkylation sites (N-methyl/N-ethyl adjacent to an activating group) is 1. The van der Waals surface area contributed by atoms with Crippen molar-refractivity contribution in [1.82, 2.24) is 9.80 Å². The van der Waals surface area contributed by atoms with Crippen LogP contribution in [0.25, 0.3) is 0 Å². The Kier molecular flexibility index (Phi) is 7.26. The number of phenols is 1. The zero-order valence-corrected chi connectivity index (χ0v) is 24.4. The number of fused-ring (bicyclic) bond motifs is 3. The van der Waals surface area contributed by atoms with E-state index in [9.17, 15) is 48.0 Å². The number of rotatable bonds is 6. The molecular formula is C30H36F3N3O7. The van der Waals surface area contributed by atoms with Crippen molar-refractivity contribution in [1.29, 1.82) is 0 Å². The highest BCUT2D eigenvalue weighted by Crippen LogP contribution is 2.54. The second-order valence-corrected chi connectivity index (χ2v) is 12.6. The molecule has 0 radical (unpaired) electrons. The maximum atomic E-state index is 14.8. The van der Waals surface area contributed by atoms with E-state index in [1.807, 2.05) is 18.7 Å². The fourth-order valence-electron chi connectivity index (χ4n) is 7.76. The van der Waals surface area contributed by atoms with Crippen LogP contribution in [0.3, 0.4) is 0 Å². The number of carbonyl (C=O) groups is 3. The summed E-state index contributed by atoms with van der Waals surface area (Å²) in [6.45, 7) is 4.20. The van der Waals surface area contributed by atoms with Crippen LogP contribution < -0.4 is 5.73 Å². The molecule has 4 atom stereocenters. The summed E-state index contributed by atoms with van der Waals surface area (Å²) in [6.07, 6.45) is -3.03. The van der Waals surface area contributed by atoms with Gasteiger partial charge in [-0.15, -0.1) is 0 Å². The lowest BCUT2D eigenvalue weighted by Gasteiger charge is -2.50. The molecule has 0 spiro atoms. The van der Waals surface area contributed by atoms with Crippen LogP contribution in [0.15, 0.2) is 28.7 Å². The van der Waals surface area contributed by atoms with Crippen LogP contribution >= 0.6 is 0 Å². The Morgan fingerprint density at radius 1 is 1.16 bits per heavy atom. The molecule has 6 N–H and O–H groups in total. The number of nitrogens with two attached hydrogens (primary N) is 1. The molecule has 4 aliphatic rings. The summed E-state index contributed by atoms with van der Waals surface area (Å²) >= 11 is 0. The van der Waals surface area contributed by atoms with Crippen molar-refractivity contribution < 1.29 is 48.0 Å². The SMILES string of the molecule is CCN(Cc1cc(O)c2c(c1C(F)(F)F)C[C@H]1C[C@H]3[C@H](N(C)C)C(O)=C(C(N)=O)C(=O)[C@@]3(O)C(O)=C1C2=O)C1(C)CCC1. The number of allylic oxidation sites excluding steroid dienone is 1. The van der Waals surface area contributed by atoms with Gasteiger partial charge in [0.2, 0.25) is 5.78 Å². The van der Waals surface area contributed by atoms with Crippen molar-refractivity contribution in [3.8, 4) is 5.75 Å². The number of aliphatic hydroxyl groups is 3. The van der Waals surface area contributed by atoms with E-state index in [0.29, 0.717) is 6.54 Å². The molecule has 0 aliphatic heterocycles. The van der Waals surface area contributed by atoms with Gasteiger partial charge in [-0.3, -0.25) is 24.2 Å². The Morgan fingerprint density at radius 2 is 1.79 bits per heavy atom.